The Morgan fingerprint density at radius 1 is 0.696 bits per heavy atom. The van der Waals surface area contributed by atoms with Gasteiger partial charge in [0.2, 0.25) is 5.88 Å². The van der Waals surface area contributed by atoms with Gasteiger partial charge >= 0.3 is 0 Å². The van der Waals surface area contributed by atoms with Gasteiger partial charge in [0, 0.05) is 29.1 Å². The lowest BCUT2D eigenvalue weighted by Gasteiger charge is -2.12. The number of aromatic hydroxyl groups is 2. The molecule has 0 aliphatic carbocycles. The number of hydrogen-bond acceptors (Lipinski definition) is 3. The summed E-state index contributed by atoms with van der Waals surface area (Å²) >= 11 is 0. The SMILES string of the molecule is Oc1ccc2ccccc2c1Cc1c(O)ncc2ccccc12. The van der Waals surface area contributed by atoms with Crippen molar-refractivity contribution < 1.29 is 10.2 Å². The van der Waals surface area contributed by atoms with E-state index in [0.29, 0.717) is 6.42 Å². The van der Waals surface area contributed by atoms with E-state index in [1.807, 2.05) is 54.6 Å². The van der Waals surface area contributed by atoms with Crippen LogP contribution in [0.5, 0.6) is 11.6 Å². The molecule has 0 bridgehead atoms. The molecule has 2 N–H and O–H groups in total. The van der Waals surface area contributed by atoms with Crippen LogP contribution in [0.3, 0.4) is 0 Å². The second-order valence-corrected chi connectivity index (χ2v) is 5.61. The number of rotatable bonds is 2. The van der Waals surface area contributed by atoms with Crippen LogP contribution < -0.4 is 0 Å². The normalized spacial score (nSPS) is 11.1. The number of nitrogens with zero attached hydrogens (tertiary/aromatic N) is 1. The van der Waals surface area contributed by atoms with Crippen LogP contribution in [0.1, 0.15) is 11.1 Å². The summed E-state index contributed by atoms with van der Waals surface area (Å²) in [5, 5.41) is 24.5. The predicted molar refractivity (Wildman–Crippen MR) is 91.8 cm³/mol. The fourth-order valence-electron chi connectivity index (χ4n) is 3.07. The maximum Gasteiger partial charge on any atom is 0.214 e. The van der Waals surface area contributed by atoms with E-state index in [2.05, 4.69) is 4.98 Å². The van der Waals surface area contributed by atoms with Crippen molar-refractivity contribution in [1.82, 2.24) is 4.98 Å². The Morgan fingerprint density at radius 2 is 1.35 bits per heavy atom. The van der Waals surface area contributed by atoms with Gasteiger partial charge in [0.05, 0.1) is 0 Å². The number of phenolic OH excluding ortho intramolecular Hbond substituents is 1. The van der Waals surface area contributed by atoms with Crippen molar-refractivity contribution in [3.63, 3.8) is 0 Å². The Bertz CT molecular complexity index is 941. The van der Waals surface area contributed by atoms with Crippen LogP contribution in [0.2, 0.25) is 0 Å². The third-order valence-corrected chi connectivity index (χ3v) is 4.25. The van der Waals surface area contributed by atoms with Gasteiger partial charge in [0.1, 0.15) is 5.75 Å². The van der Waals surface area contributed by atoms with Gasteiger partial charge < -0.3 is 10.2 Å². The molecule has 4 aromatic rings. The van der Waals surface area contributed by atoms with Crippen molar-refractivity contribution in [1.29, 1.82) is 0 Å². The molecule has 1 aromatic heterocycles. The topological polar surface area (TPSA) is 53.4 Å². The van der Waals surface area contributed by atoms with Crippen molar-refractivity contribution in [2.45, 2.75) is 6.42 Å². The second-order valence-electron chi connectivity index (χ2n) is 5.61. The van der Waals surface area contributed by atoms with Gasteiger partial charge in [-0.2, -0.15) is 0 Å². The average molecular weight is 301 g/mol. The zero-order valence-electron chi connectivity index (χ0n) is 12.4. The fraction of sp³-hybridized carbons (Fsp3) is 0.0500. The number of pyridine rings is 1. The van der Waals surface area contributed by atoms with Crippen molar-refractivity contribution in [3.8, 4) is 11.6 Å². The highest BCUT2D eigenvalue weighted by Crippen LogP contribution is 2.33. The highest BCUT2D eigenvalue weighted by atomic mass is 16.3. The average Bonchev–Trinajstić information content (AvgIpc) is 2.59. The fourth-order valence-corrected chi connectivity index (χ4v) is 3.07. The summed E-state index contributed by atoms with van der Waals surface area (Å²) < 4.78 is 0. The maximum absolute atomic E-state index is 10.3. The second kappa shape index (κ2) is 5.29. The first-order valence-corrected chi connectivity index (χ1v) is 7.49. The molecule has 112 valence electrons. The smallest absolute Gasteiger partial charge is 0.214 e. The standard InChI is InChI=1S/C20H15NO2/c22-19-10-9-13-5-1-3-7-15(13)17(19)11-18-16-8-4-2-6-14(16)12-21-20(18)23/h1-10,12,22H,11H2,(H,21,23). The Kier molecular flexibility index (Phi) is 3.12. The molecule has 0 saturated heterocycles. The summed E-state index contributed by atoms with van der Waals surface area (Å²) in [5.41, 5.74) is 1.53. The van der Waals surface area contributed by atoms with Gasteiger partial charge in [-0.1, -0.05) is 54.6 Å². The molecule has 4 rings (SSSR count). The summed E-state index contributed by atoms with van der Waals surface area (Å²) in [7, 11) is 0. The van der Waals surface area contributed by atoms with Gasteiger partial charge in [0.25, 0.3) is 0 Å². The molecular formula is C20H15NO2. The van der Waals surface area contributed by atoms with Crippen LogP contribution in [0.4, 0.5) is 0 Å². The Morgan fingerprint density at radius 3 is 2.13 bits per heavy atom. The molecule has 0 spiro atoms. The van der Waals surface area contributed by atoms with Gasteiger partial charge in [-0.15, -0.1) is 0 Å². The largest absolute Gasteiger partial charge is 0.508 e. The first-order chi connectivity index (χ1) is 11.2. The molecule has 0 fully saturated rings. The minimum Gasteiger partial charge on any atom is -0.508 e. The van der Waals surface area contributed by atoms with E-state index in [4.69, 9.17) is 0 Å². The number of fused-ring (bicyclic) bond motifs is 2. The van der Waals surface area contributed by atoms with Gasteiger partial charge in [-0.05, 0) is 22.2 Å². The molecule has 0 radical (unpaired) electrons. The van der Waals surface area contributed by atoms with Crippen LogP contribution in [0, 0.1) is 0 Å². The summed E-state index contributed by atoms with van der Waals surface area (Å²) in [4.78, 5) is 4.09. The lowest BCUT2D eigenvalue weighted by molar-refractivity contribution is 0.447. The molecule has 1 heterocycles. The first-order valence-electron chi connectivity index (χ1n) is 7.49. The molecule has 23 heavy (non-hydrogen) atoms. The number of benzene rings is 3. The van der Waals surface area contributed by atoms with Crippen molar-refractivity contribution >= 4 is 21.5 Å². The van der Waals surface area contributed by atoms with Gasteiger partial charge in [-0.3, -0.25) is 0 Å². The third-order valence-electron chi connectivity index (χ3n) is 4.25. The quantitative estimate of drug-likeness (QED) is 0.577. The molecule has 0 aliphatic rings. The summed E-state index contributed by atoms with van der Waals surface area (Å²) in [5.74, 6) is 0.243. The Labute approximate surface area is 133 Å². The van der Waals surface area contributed by atoms with E-state index in [1.165, 1.54) is 0 Å². The zero-order chi connectivity index (χ0) is 15.8. The lowest BCUT2D eigenvalue weighted by atomic mass is 9.95. The predicted octanol–water partition coefficient (Wildman–Crippen LogP) is 4.39. The van der Waals surface area contributed by atoms with Crippen molar-refractivity contribution in [3.05, 3.63) is 78.0 Å². The monoisotopic (exact) mass is 301 g/mol. The van der Waals surface area contributed by atoms with Crippen molar-refractivity contribution in [2.75, 3.05) is 0 Å². The zero-order valence-corrected chi connectivity index (χ0v) is 12.4. The highest BCUT2D eigenvalue weighted by Gasteiger charge is 2.13. The van der Waals surface area contributed by atoms with E-state index in [-0.39, 0.29) is 11.6 Å². The van der Waals surface area contributed by atoms with Crippen molar-refractivity contribution in [2.24, 2.45) is 0 Å². The van der Waals surface area contributed by atoms with Crippen LogP contribution >= 0.6 is 0 Å². The molecule has 3 heteroatoms. The Hall–Kier alpha value is -3.07. The molecule has 0 aliphatic heterocycles. The summed E-state index contributed by atoms with van der Waals surface area (Å²) in [6, 6.07) is 19.3. The van der Waals surface area contributed by atoms with Crippen LogP contribution in [-0.4, -0.2) is 15.2 Å². The summed E-state index contributed by atoms with van der Waals surface area (Å²) in [6.07, 6.45) is 2.09. The van der Waals surface area contributed by atoms with Crippen LogP contribution in [0.25, 0.3) is 21.5 Å². The minimum atomic E-state index is 0.0102. The Balaban J connectivity index is 1.95. The number of aromatic nitrogens is 1. The maximum atomic E-state index is 10.3. The molecule has 0 saturated carbocycles. The third kappa shape index (κ3) is 2.27. The first kappa shape index (κ1) is 13.6. The molecule has 0 amide bonds. The molecule has 3 aromatic carbocycles. The summed E-state index contributed by atoms with van der Waals surface area (Å²) in [6.45, 7) is 0. The molecule has 0 unspecified atom stereocenters. The van der Waals surface area contributed by atoms with Gasteiger partial charge in [0.15, 0.2) is 0 Å². The van der Waals surface area contributed by atoms with Crippen LogP contribution in [-0.2, 0) is 6.42 Å². The van der Waals surface area contributed by atoms with Crippen LogP contribution in [0.15, 0.2) is 66.9 Å². The molecule has 0 atom stereocenters. The molecular weight excluding hydrogens is 286 g/mol. The minimum absolute atomic E-state index is 0.0102. The highest BCUT2D eigenvalue weighted by molar-refractivity contribution is 5.90. The van der Waals surface area contributed by atoms with E-state index in [0.717, 1.165) is 32.7 Å². The number of hydrogen-bond donors (Lipinski definition) is 2. The lowest BCUT2D eigenvalue weighted by Crippen LogP contribution is -1.95. The van der Waals surface area contributed by atoms with Gasteiger partial charge in [-0.25, -0.2) is 4.98 Å². The van der Waals surface area contributed by atoms with E-state index < -0.39 is 0 Å². The number of phenols is 1. The molecule has 3 nitrogen and oxygen atoms in total. The van der Waals surface area contributed by atoms with E-state index in [1.54, 1.807) is 12.3 Å². The van der Waals surface area contributed by atoms with E-state index in [9.17, 15) is 10.2 Å². The van der Waals surface area contributed by atoms with E-state index >= 15 is 0 Å².